The van der Waals surface area contributed by atoms with Crippen LogP contribution in [0.3, 0.4) is 0 Å². The van der Waals surface area contributed by atoms with Crippen molar-refractivity contribution >= 4 is 11.5 Å². The zero-order valence-electron chi connectivity index (χ0n) is 8.85. The van der Waals surface area contributed by atoms with Gasteiger partial charge >= 0.3 is 5.97 Å². The minimum atomic E-state index is -0.551. The Hall–Kier alpha value is -2.18. The Balaban J connectivity index is 2.65. The number of nitrogens with one attached hydrogen (secondary N) is 1. The van der Waals surface area contributed by atoms with Gasteiger partial charge in [0.15, 0.2) is 11.2 Å². The summed E-state index contributed by atoms with van der Waals surface area (Å²) in [6.45, 7) is 3.59. The normalized spacial score (nSPS) is 10.6. The molecular formula is C9H10N4O3. The van der Waals surface area contributed by atoms with Crippen molar-refractivity contribution in [2.75, 3.05) is 6.61 Å². The lowest BCUT2D eigenvalue weighted by Crippen LogP contribution is -2.11. The molecule has 2 rings (SSSR count). The van der Waals surface area contributed by atoms with Gasteiger partial charge in [0.1, 0.15) is 6.33 Å². The van der Waals surface area contributed by atoms with Crippen molar-refractivity contribution in [3.05, 3.63) is 27.9 Å². The minimum absolute atomic E-state index is 0.117. The van der Waals surface area contributed by atoms with Crippen molar-refractivity contribution in [3.63, 3.8) is 0 Å². The minimum Gasteiger partial charge on any atom is -0.461 e. The van der Waals surface area contributed by atoms with Crippen LogP contribution in [0.15, 0.2) is 11.1 Å². The molecule has 1 N–H and O–H groups in total. The molecule has 7 heteroatoms. The molecule has 0 radical (unpaired) electrons. The Labute approximate surface area is 90.0 Å². The Morgan fingerprint density at radius 3 is 3.00 bits per heavy atom. The molecule has 7 nitrogen and oxygen atoms in total. The Bertz CT molecular complexity index is 598. The summed E-state index contributed by atoms with van der Waals surface area (Å²) in [4.78, 5) is 25.4. The van der Waals surface area contributed by atoms with Crippen LogP contribution in [0.4, 0.5) is 0 Å². The average molecular weight is 222 g/mol. The largest absolute Gasteiger partial charge is 0.461 e. The highest BCUT2D eigenvalue weighted by molar-refractivity contribution is 5.91. The van der Waals surface area contributed by atoms with Crippen LogP contribution in [0.5, 0.6) is 0 Å². The molecule has 84 valence electrons. The SMILES string of the molecule is CCOC(=O)c1nn2nc[nH]c(=O)c2c1C. The van der Waals surface area contributed by atoms with E-state index in [1.165, 1.54) is 6.33 Å². The van der Waals surface area contributed by atoms with E-state index in [-0.39, 0.29) is 23.4 Å². The van der Waals surface area contributed by atoms with Crippen LogP contribution in [-0.4, -0.2) is 32.4 Å². The molecule has 0 saturated heterocycles. The number of esters is 1. The molecule has 0 aliphatic heterocycles. The van der Waals surface area contributed by atoms with E-state index < -0.39 is 5.97 Å². The number of nitrogens with zero attached hydrogens (tertiary/aromatic N) is 3. The number of carbonyl (C=O) groups is 1. The maximum atomic E-state index is 11.5. The molecule has 0 aromatic carbocycles. The van der Waals surface area contributed by atoms with Crippen LogP contribution < -0.4 is 5.56 Å². The van der Waals surface area contributed by atoms with E-state index in [0.29, 0.717) is 5.56 Å². The number of rotatable bonds is 2. The summed E-state index contributed by atoms with van der Waals surface area (Å²) in [5.41, 5.74) is 0.500. The van der Waals surface area contributed by atoms with Crippen molar-refractivity contribution in [3.8, 4) is 0 Å². The first-order chi connectivity index (χ1) is 7.65. The van der Waals surface area contributed by atoms with Crippen molar-refractivity contribution in [1.29, 1.82) is 0 Å². The molecular weight excluding hydrogens is 212 g/mol. The number of hydrogen-bond donors (Lipinski definition) is 1. The Kier molecular flexibility index (Phi) is 2.43. The summed E-state index contributed by atoms with van der Waals surface area (Å²) < 4.78 is 5.95. The molecule has 0 amide bonds. The van der Waals surface area contributed by atoms with Gasteiger partial charge in [-0.15, -0.1) is 14.8 Å². The summed E-state index contributed by atoms with van der Waals surface area (Å²) in [5, 5.41) is 7.71. The molecule has 0 bridgehead atoms. The predicted molar refractivity (Wildman–Crippen MR) is 54.3 cm³/mol. The summed E-state index contributed by atoms with van der Waals surface area (Å²) in [6, 6.07) is 0. The number of aromatic amines is 1. The van der Waals surface area contributed by atoms with Crippen LogP contribution in [0.1, 0.15) is 23.0 Å². The highest BCUT2D eigenvalue weighted by atomic mass is 16.5. The number of carbonyl (C=O) groups excluding carboxylic acids is 1. The molecule has 0 saturated carbocycles. The van der Waals surface area contributed by atoms with Crippen LogP contribution in [0, 0.1) is 6.92 Å². The van der Waals surface area contributed by atoms with Gasteiger partial charge in [0, 0.05) is 5.56 Å². The molecule has 2 heterocycles. The van der Waals surface area contributed by atoms with Gasteiger partial charge in [0.25, 0.3) is 5.56 Å². The standard InChI is InChI=1S/C9H10N4O3/c1-3-16-9(15)6-5(2)7-8(14)10-4-11-13(7)12-6/h4H,3H2,1-2H3,(H,10,11,14). The molecule has 0 unspecified atom stereocenters. The lowest BCUT2D eigenvalue weighted by atomic mass is 10.2. The molecule has 2 aromatic rings. The third-order valence-electron chi connectivity index (χ3n) is 2.15. The van der Waals surface area contributed by atoms with Crippen molar-refractivity contribution < 1.29 is 9.53 Å². The fraction of sp³-hybridized carbons (Fsp3) is 0.333. The van der Waals surface area contributed by atoms with Crippen molar-refractivity contribution in [2.45, 2.75) is 13.8 Å². The molecule has 0 aliphatic rings. The topological polar surface area (TPSA) is 89.3 Å². The molecule has 16 heavy (non-hydrogen) atoms. The number of ether oxygens (including phenoxy) is 1. The maximum Gasteiger partial charge on any atom is 0.359 e. The highest BCUT2D eigenvalue weighted by Gasteiger charge is 2.19. The second kappa shape index (κ2) is 3.76. The van der Waals surface area contributed by atoms with Gasteiger partial charge < -0.3 is 9.72 Å². The monoisotopic (exact) mass is 222 g/mol. The van der Waals surface area contributed by atoms with Gasteiger partial charge in [0.05, 0.1) is 6.61 Å². The van der Waals surface area contributed by atoms with Gasteiger partial charge in [-0.05, 0) is 13.8 Å². The number of hydrogen-bond acceptors (Lipinski definition) is 5. The van der Waals surface area contributed by atoms with Crippen molar-refractivity contribution in [2.24, 2.45) is 0 Å². The summed E-state index contributed by atoms with van der Waals surface area (Å²) in [6.07, 6.45) is 1.22. The van der Waals surface area contributed by atoms with Gasteiger partial charge in [0.2, 0.25) is 0 Å². The lowest BCUT2D eigenvalue weighted by molar-refractivity contribution is 0.0518. The first-order valence-electron chi connectivity index (χ1n) is 4.75. The zero-order valence-corrected chi connectivity index (χ0v) is 8.85. The van der Waals surface area contributed by atoms with Crippen molar-refractivity contribution in [1.82, 2.24) is 19.8 Å². The maximum absolute atomic E-state index is 11.5. The van der Waals surface area contributed by atoms with Gasteiger partial charge in [-0.25, -0.2) is 4.79 Å². The first kappa shape index (κ1) is 10.3. The van der Waals surface area contributed by atoms with Gasteiger partial charge in [-0.3, -0.25) is 4.79 Å². The quantitative estimate of drug-likeness (QED) is 0.717. The van der Waals surface area contributed by atoms with E-state index in [1.807, 2.05) is 0 Å². The van der Waals surface area contributed by atoms with E-state index in [9.17, 15) is 9.59 Å². The van der Waals surface area contributed by atoms with Crippen LogP contribution in [-0.2, 0) is 4.74 Å². The van der Waals surface area contributed by atoms with Crippen LogP contribution in [0.2, 0.25) is 0 Å². The fourth-order valence-corrected chi connectivity index (χ4v) is 1.43. The van der Waals surface area contributed by atoms with E-state index in [2.05, 4.69) is 15.2 Å². The Morgan fingerprint density at radius 2 is 2.38 bits per heavy atom. The molecule has 2 aromatic heterocycles. The highest BCUT2D eigenvalue weighted by Crippen LogP contribution is 2.10. The van der Waals surface area contributed by atoms with Crippen LogP contribution in [0.25, 0.3) is 5.52 Å². The summed E-state index contributed by atoms with van der Waals surface area (Å²) in [7, 11) is 0. The summed E-state index contributed by atoms with van der Waals surface area (Å²) in [5.74, 6) is -0.551. The number of aryl methyl sites for hydroxylation is 1. The third kappa shape index (κ3) is 1.46. The van der Waals surface area contributed by atoms with E-state index in [1.54, 1.807) is 13.8 Å². The zero-order chi connectivity index (χ0) is 11.7. The average Bonchev–Trinajstić information content (AvgIpc) is 2.58. The lowest BCUT2D eigenvalue weighted by Gasteiger charge is -1.97. The van der Waals surface area contributed by atoms with Gasteiger partial charge in [-0.1, -0.05) is 0 Å². The second-order valence-electron chi connectivity index (χ2n) is 3.15. The van der Waals surface area contributed by atoms with Gasteiger partial charge in [-0.2, -0.15) is 0 Å². The Morgan fingerprint density at radius 1 is 1.62 bits per heavy atom. The third-order valence-corrected chi connectivity index (χ3v) is 2.15. The van der Waals surface area contributed by atoms with Crippen LogP contribution >= 0.6 is 0 Å². The second-order valence-corrected chi connectivity index (χ2v) is 3.15. The predicted octanol–water partition coefficient (Wildman–Crippen LogP) is -0.0973. The smallest absolute Gasteiger partial charge is 0.359 e. The molecule has 0 spiro atoms. The number of fused-ring (bicyclic) bond motifs is 1. The molecule has 0 aliphatic carbocycles. The van der Waals surface area contributed by atoms with E-state index in [0.717, 1.165) is 4.63 Å². The molecule has 0 fully saturated rings. The van der Waals surface area contributed by atoms with E-state index >= 15 is 0 Å². The summed E-state index contributed by atoms with van der Waals surface area (Å²) >= 11 is 0. The first-order valence-corrected chi connectivity index (χ1v) is 4.75. The molecule has 0 atom stereocenters. The van der Waals surface area contributed by atoms with E-state index in [4.69, 9.17) is 4.74 Å². The fourth-order valence-electron chi connectivity index (χ4n) is 1.43. The number of aromatic nitrogens is 4. The number of H-pyrrole nitrogens is 1.